The number of rotatable bonds is 10. The lowest BCUT2D eigenvalue weighted by atomic mass is 9.98. The molecule has 0 spiro atoms. The zero-order chi connectivity index (χ0) is 24.6. The molecule has 0 aromatic heterocycles. The van der Waals surface area contributed by atoms with Crippen molar-refractivity contribution in [1.29, 1.82) is 0 Å². The molecular formula is C26H30N2O7. The van der Waals surface area contributed by atoms with Crippen molar-refractivity contribution in [2.45, 2.75) is 37.3 Å². The Kier molecular flexibility index (Phi) is 8.33. The van der Waals surface area contributed by atoms with E-state index in [4.69, 9.17) is 14.2 Å². The van der Waals surface area contributed by atoms with E-state index in [9.17, 15) is 19.5 Å². The fourth-order valence-electron chi connectivity index (χ4n) is 4.53. The fourth-order valence-corrected chi connectivity index (χ4v) is 4.53. The van der Waals surface area contributed by atoms with Crippen molar-refractivity contribution in [2.24, 2.45) is 0 Å². The largest absolute Gasteiger partial charge is 0.481 e. The summed E-state index contributed by atoms with van der Waals surface area (Å²) in [6.07, 6.45) is 0.301. The second-order valence-electron chi connectivity index (χ2n) is 8.59. The lowest BCUT2D eigenvalue weighted by Gasteiger charge is -2.23. The Bertz CT molecular complexity index is 1010. The first-order chi connectivity index (χ1) is 17.0. The molecule has 35 heavy (non-hydrogen) atoms. The van der Waals surface area contributed by atoms with Gasteiger partial charge < -0.3 is 30.0 Å². The Balaban J connectivity index is 1.29. The zero-order valence-electron chi connectivity index (χ0n) is 19.4. The highest BCUT2D eigenvalue weighted by molar-refractivity contribution is 5.89. The van der Waals surface area contributed by atoms with E-state index in [1.165, 1.54) is 0 Å². The highest BCUT2D eigenvalue weighted by Crippen LogP contribution is 2.44. The number of amides is 2. The van der Waals surface area contributed by atoms with Crippen LogP contribution in [0.5, 0.6) is 0 Å². The van der Waals surface area contributed by atoms with Crippen molar-refractivity contribution >= 4 is 18.0 Å². The van der Waals surface area contributed by atoms with Gasteiger partial charge >= 0.3 is 12.1 Å². The van der Waals surface area contributed by atoms with Crippen LogP contribution in [0.3, 0.4) is 0 Å². The third-order valence-electron chi connectivity index (χ3n) is 6.25. The number of carbonyl (C=O) groups is 3. The van der Waals surface area contributed by atoms with Gasteiger partial charge in [-0.25, -0.2) is 4.79 Å². The number of aliphatic carboxylic acids is 1. The van der Waals surface area contributed by atoms with Gasteiger partial charge in [0.25, 0.3) is 0 Å². The van der Waals surface area contributed by atoms with Gasteiger partial charge in [0.2, 0.25) is 5.91 Å². The van der Waals surface area contributed by atoms with Crippen LogP contribution in [0.4, 0.5) is 4.79 Å². The van der Waals surface area contributed by atoms with Crippen LogP contribution in [-0.4, -0.2) is 68.2 Å². The maximum atomic E-state index is 12.5. The van der Waals surface area contributed by atoms with Crippen LogP contribution in [0.2, 0.25) is 0 Å². The maximum Gasteiger partial charge on any atom is 0.407 e. The minimum Gasteiger partial charge on any atom is -0.481 e. The quantitative estimate of drug-likeness (QED) is 0.445. The smallest absolute Gasteiger partial charge is 0.407 e. The number of ether oxygens (including phenoxy) is 3. The molecule has 1 unspecified atom stereocenters. The van der Waals surface area contributed by atoms with Gasteiger partial charge in [-0.15, -0.1) is 0 Å². The van der Waals surface area contributed by atoms with Gasteiger partial charge in [-0.2, -0.15) is 0 Å². The second-order valence-corrected chi connectivity index (χ2v) is 8.59. The summed E-state index contributed by atoms with van der Waals surface area (Å²) in [5, 5.41) is 14.2. The Morgan fingerprint density at radius 1 is 1.00 bits per heavy atom. The lowest BCUT2D eigenvalue weighted by molar-refractivity contribution is -0.139. The van der Waals surface area contributed by atoms with Crippen LogP contribution >= 0.6 is 0 Å². The summed E-state index contributed by atoms with van der Waals surface area (Å²) >= 11 is 0. The average Bonchev–Trinajstić information content (AvgIpc) is 3.19. The molecule has 0 bridgehead atoms. The topological polar surface area (TPSA) is 123 Å². The van der Waals surface area contributed by atoms with E-state index >= 15 is 0 Å². The van der Waals surface area contributed by atoms with E-state index in [2.05, 4.69) is 10.6 Å². The number of nitrogens with one attached hydrogen (secondary N) is 2. The number of carboxylic acids is 1. The van der Waals surface area contributed by atoms with Crippen molar-refractivity contribution in [1.82, 2.24) is 10.6 Å². The molecule has 2 aromatic rings. The Morgan fingerprint density at radius 3 is 2.26 bits per heavy atom. The Morgan fingerprint density at radius 2 is 1.63 bits per heavy atom. The maximum absolute atomic E-state index is 12.5. The van der Waals surface area contributed by atoms with Gasteiger partial charge in [0.1, 0.15) is 12.6 Å². The summed E-state index contributed by atoms with van der Waals surface area (Å²) in [4.78, 5) is 36.3. The first-order valence-electron chi connectivity index (χ1n) is 11.8. The molecule has 1 fully saturated rings. The van der Waals surface area contributed by atoms with Crippen molar-refractivity contribution in [3.8, 4) is 11.1 Å². The van der Waals surface area contributed by atoms with Gasteiger partial charge in [-0.3, -0.25) is 9.59 Å². The van der Waals surface area contributed by atoms with E-state index in [-0.39, 0.29) is 25.2 Å². The molecule has 9 nitrogen and oxygen atoms in total. The summed E-state index contributed by atoms with van der Waals surface area (Å²) in [6.45, 7) is 1.88. The van der Waals surface area contributed by atoms with Crippen molar-refractivity contribution < 1.29 is 33.7 Å². The van der Waals surface area contributed by atoms with Gasteiger partial charge in [0.15, 0.2) is 0 Å². The van der Waals surface area contributed by atoms with E-state index in [0.717, 1.165) is 35.1 Å². The molecule has 186 valence electrons. The zero-order valence-corrected chi connectivity index (χ0v) is 19.4. The van der Waals surface area contributed by atoms with Crippen LogP contribution in [0.15, 0.2) is 48.5 Å². The highest BCUT2D eigenvalue weighted by Gasteiger charge is 2.30. The minimum atomic E-state index is -1.26. The Hall–Kier alpha value is -3.43. The molecule has 4 rings (SSSR count). The molecule has 9 heteroatoms. The van der Waals surface area contributed by atoms with Gasteiger partial charge in [0, 0.05) is 25.7 Å². The third kappa shape index (κ3) is 6.37. The number of hydrogen-bond acceptors (Lipinski definition) is 6. The molecule has 2 aliphatic rings. The van der Waals surface area contributed by atoms with Crippen molar-refractivity contribution in [2.75, 3.05) is 33.0 Å². The summed E-state index contributed by atoms with van der Waals surface area (Å²) in [6, 6.07) is 14.6. The standard InChI is InChI=1S/C26H30N2O7/c29-24(30)15-23(25(31)27-11-14-34-17-9-12-33-13-10-17)28-26(32)35-16-22-20-7-3-1-5-18(20)19-6-2-4-8-21(19)22/h1-8,17,22-23H,9-16H2,(H,27,31)(H,28,32)(H,29,30). The van der Waals surface area contributed by atoms with Crippen LogP contribution in [0.25, 0.3) is 11.1 Å². The highest BCUT2D eigenvalue weighted by atomic mass is 16.5. The molecule has 1 saturated heterocycles. The number of benzene rings is 2. The van der Waals surface area contributed by atoms with E-state index in [1.54, 1.807) is 0 Å². The van der Waals surface area contributed by atoms with Crippen LogP contribution in [-0.2, 0) is 23.8 Å². The van der Waals surface area contributed by atoms with Gasteiger partial charge in [0.05, 0.1) is 19.1 Å². The molecular weight excluding hydrogens is 452 g/mol. The normalized spacial score (nSPS) is 16.1. The van der Waals surface area contributed by atoms with Gasteiger partial charge in [-0.1, -0.05) is 48.5 Å². The summed E-state index contributed by atoms with van der Waals surface area (Å²) in [5.41, 5.74) is 4.32. The van der Waals surface area contributed by atoms with Crippen LogP contribution in [0.1, 0.15) is 36.3 Å². The Labute approximate surface area is 203 Å². The number of carboxylic acid groups (broad SMARTS) is 1. The second kappa shape index (κ2) is 11.8. The first-order valence-corrected chi connectivity index (χ1v) is 11.8. The number of fused-ring (bicyclic) bond motifs is 3. The van der Waals surface area contributed by atoms with Crippen LogP contribution in [0, 0.1) is 0 Å². The average molecular weight is 483 g/mol. The van der Waals surface area contributed by atoms with E-state index in [0.29, 0.717) is 19.8 Å². The molecule has 2 amide bonds. The van der Waals surface area contributed by atoms with E-state index in [1.807, 2.05) is 48.5 Å². The molecule has 2 aromatic carbocycles. The van der Waals surface area contributed by atoms with Gasteiger partial charge in [-0.05, 0) is 35.1 Å². The third-order valence-corrected chi connectivity index (χ3v) is 6.25. The predicted molar refractivity (Wildman–Crippen MR) is 127 cm³/mol. The summed E-state index contributed by atoms with van der Waals surface area (Å²) in [7, 11) is 0. The molecule has 1 atom stereocenters. The SMILES string of the molecule is O=C(O)CC(NC(=O)OCC1c2ccccc2-c2ccccc21)C(=O)NCCOC1CCOCC1. The minimum absolute atomic E-state index is 0.0697. The molecule has 1 aliphatic carbocycles. The first kappa shape index (κ1) is 24.7. The lowest BCUT2D eigenvalue weighted by Crippen LogP contribution is -2.48. The monoisotopic (exact) mass is 482 g/mol. The molecule has 1 heterocycles. The molecule has 0 radical (unpaired) electrons. The van der Waals surface area contributed by atoms with Crippen molar-refractivity contribution in [3.05, 3.63) is 59.7 Å². The van der Waals surface area contributed by atoms with E-state index < -0.39 is 30.4 Å². The number of carbonyl (C=O) groups excluding carboxylic acids is 2. The predicted octanol–water partition coefficient (Wildman–Crippen LogP) is 2.68. The molecule has 0 saturated carbocycles. The molecule has 3 N–H and O–H groups in total. The summed E-state index contributed by atoms with van der Waals surface area (Å²) in [5.74, 6) is -1.94. The number of alkyl carbamates (subject to hydrolysis) is 1. The number of hydrogen-bond donors (Lipinski definition) is 3. The molecule has 1 aliphatic heterocycles. The fraction of sp³-hybridized carbons (Fsp3) is 0.423. The summed E-state index contributed by atoms with van der Waals surface area (Å²) < 4.78 is 16.4. The van der Waals surface area contributed by atoms with Crippen molar-refractivity contribution in [3.63, 3.8) is 0 Å². The van der Waals surface area contributed by atoms with Crippen LogP contribution < -0.4 is 10.6 Å².